The van der Waals surface area contributed by atoms with Crippen LogP contribution >= 0.6 is 10.0 Å². The highest BCUT2D eigenvalue weighted by molar-refractivity contribution is 8.32. The van der Waals surface area contributed by atoms with Crippen LogP contribution in [0.4, 0.5) is 0 Å². The molecule has 0 bridgehead atoms. The van der Waals surface area contributed by atoms with E-state index in [0.717, 1.165) is 18.7 Å². The molecular weight excluding hydrogens is 242 g/mol. The van der Waals surface area contributed by atoms with Gasteiger partial charge >= 0.3 is 0 Å². The summed E-state index contributed by atoms with van der Waals surface area (Å²) in [5.74, 6) is 0.864. The Morgan fingerprint density at radius 2 is 1.78 bits per heavy atom. The maximum atomic E-state index is 10.4. The van der Waals surface area contributed by atoms with Gasteiger partial charge in [-0.3, -0.25) is 0 Å². The first-order chi connectivity index (χ1) is 8.51. The second-order valence-corrected chi connectivity index (χ2v) is 9.04. The van der Waals surface area contributed by atoms with E-state index in [-0.39, 0.29) is 12.1 Å². The summed E-state index contributed by atoms with van der Waals surface area (Å²) in [6, 6.07) is 10.8. The molecule has 1 rings (SSSR count). The molecule has 0 saturated carbocycles. The van der Waals surface area contributed by atoms with Crippen molar-refractivity contribution in [2.45, 2.75) is 37.3 Å². The number of benzene rings is 1. The van der Waals surface area contributed by atoms with E-state index in [1.54, 1.807) is 0 Å². The maximum absolute atomic E-state index is 10.4. The van der Waals surface area contributed by atoms with Gasteiger partial charge < -0.3 is 10.4 Å². The Balaban J connectivity index is 2.70. The van der Waals surface area contributed by atoms with Crippen molar-refractivity contribution in [3.8, 4) is 0 Å². The van der Waals surface area contributed by atoms with Gasteiger partial charge in [-0.15, -0.1) is 0 Å². The number of nitrogens with one attached hydrogen (secondary N) is 1. The van der Waals surface area contributed by atoms with E-state index in [1.807, 2.05) is 6.07 Å². The highest BCUT2D eigenvalue weighted by Gasteiger charge is 2.24. The van der Waals surface area contributed by atoms with E-state index < -0.39 is 10.0 Å². The molecule has 0 aliphatic rings. The van der Waals surface area contributed by atoms with Crippen LogP contribution in [0.15, 0.2) is 35.2 Å². The molecule has 2 atom stereocenters. The summed E-state index contributed by atoms with van der Waals surface area (Å²) in [6.07, 6.45) is 5.27. The molecule has 2 N–H and O–H groups in total. The highest BCUT2D eigenvalue weighted by Crippen LogP contribution is 2.49. The van der Waals surface area contributed by atoms with Crippen molar-refractivity contribution < 1.29 is 5.11 Å². The van der Waals surface area contributed by atoms with Gasteiger partial charge in [-0.2, -0.15) is 0 Å². The van der Waals surface area contributed by atoms with Gasteiger partial charge in [0.05, 0.1) is 6.10 Å². The Hall–Kier alpha value is -0.510. The lowest BCUT2D eigenvalue weighted by molar-refractivity contribution is 0.147. The van der Waals surface area contributed by atoms with Crippen LogP contribution in [0, 0.1) is 0 Å². The van der Waals surface area contributed by atoms with E-state index >= 15 is 0 Å². The molecule has 0 saturated heterocycles. The van der Waals surface area contributed by atoms with Crippen LogP contribution in [-0.2, 0) is 0 Å². The molecule has 18 heavy (non-hydrogen) atoms. The predicted molar refractivity (Wildman–Crippen MR) is 82.8 cm³/mol. The molecule has 0 aliphatic carbocycles. The van der Waals surface area contributed by atoms with Crippen LogP contribution in [0.3, 0.4) is 0 Å². The SMILES string of the molecule is CCNC(CC)C(O)CS(C)(C)c1ccccc1. The highest BCUT2D eigenvalue weighted by atomic mass is 32.3. The second-order valence-electron chi connectivity index (χ2n) is 5.16. The summed E-state index contributed by atoms with van der Waals surface area (Å²) in [4.78, 5) is 1.37. The standard InChI is InChI=1S/C15H27NOS/c1-5-14(16-6-2)15(17)12-18(3,4)13-10-8-7-9-11-13/h7-11,14-17H,5-6,12H2,1-4H3. The number of aliphatic hydroxyl groups excluding tert-OH is 1. The normalized spacial score (nSPS) is 16.3. The second kappa shape index (κ2) is 7.17. The number of hydrogen-bond acceptors (Lipinski definition) is 2. The summed E-state index contributed by atoms with van der Waals surface area (Å²) >= 11 is 0. The molecule has 3 heteroatoms. The molecule has 0 amide bonds. The van der Waals surface area contributed by atoms with Crippen LogP contribution in [0.2, 0.25) is 0 Å². The molecule has 2 nitrogen and oxygen atoms in total. The van der Waals surface area contributed by atoms with E-state index in [4.69, 9.17) is 0 Å². The third-order valence-corrected chi connectivity index (χ3v) is 6.06. The fourth-order valence-electron chi connectivity index (χ4n) is 2.24. The predicted octanol–water partition coefficient (Wildman–Crippen LogP) is 2.86. The lowest BCUT2D eigenvalue weighted by atomic mass is 10.1. The van der Waals surface area contributed by atoms with Crippen molar-refractivity contribution in [1.82, 2.24) is 5.32 Å². The minimum absolute atomic E-state index is 0.213. The molecule has 1 aromatic rings. The Morgan fingerprint density at radius 3 is 2.28 bits per heavy atom. The van der Waals surface area contributed by atoms with Gasteiger partial charge in [-0.25, -0.2) is 10.0 Å². The Labute approximate surface area is 113 Å². The van der Waals surface area contributed by atoms with E-state index in [9.17, 15) is 5.11 Å². The molecule has 0 aromatic heterocycles. The molecule has 1 aromatic carbocycles. The fourth-order valence-corrected chi connectivity index (χ4v) is 4.42. The van der Waals surface area contributed by atoms with Gasteiger partial charge in [-0.1, -0.05) is 44.2 Å². The third kappa shape index (κ3) is 4.30. The van der Waals surface area contributed by atoms with Gasteiger partial charge in [0.15, 0.2) is 0 Å². The zero-order valence-electron chi connectivity index (χ0n) is 12.0. The van der Waals surface area contributed by atoms with Crippen LogP contribution in [0.1, 0.15) is 20.3 Å². The van der Waals surface area contributed by atoms with Gasteiger partial charge in [0, 0.05) is 11.8 Å². The van der Waals surface area contributed by atoms with Crippen molar-refractivity contribution in [2.75, 3.05) is 24.8 Å². The van der Waals surface area contributed by atoms with Gasteiger partial charge in [0.25, 0.3) is 0 Å². The monoisotopic (exact) mass is 269 g/mol. The first-order valence-corrected chi connectivity index (χ1v) is 9.30. The molecule has 0 spiro atoms. The van der Waals surface area contributed by atoms with E-state index in [1.165, 1.54) is 4.90 Å². The summed E-state index contributed by atoms with van der Waals surface area (Å²) in [5.41, 5.74) is 0. The summed E-state index contributed by atoms with van der Waals surface area (Å²) in [7, 11) is -0.923. The van der Waals surface area contributed by atoms with E-state index in [2.05, 4.69) is 55.9 Å². The Bertz CT molecular complexity index is 340. The number of rotatable bonds is 7. The molecule has 2 unspecified atom stereocenters. The fraction of sp³-hybridized carbons (Fsp3) is 0.600. The molecule has 0 heterocycles. The smallest absolute Gasteiger partial charge is 0.0771 e. The zero-order valence-corrected chi connectivity index (χ0v) is 12.8. The first kappa shape index (κ1) is 15.5. The Morgan fingerprint density at radius 1 is 1.17 bits per heavy atom. The van der Waals surface area contributed by atoms with Crippen LogP contribution in [0.25, 0.3) is 0 Å². The number of hydrogen-bond donors (Lipinski definition) is 2. The minimum atomic E-state index is -0.923. The van der Waals surface area contributed by atoms with Gasteiger partial charge in [0.1, 0.15) is 0 Å². The van der Waals surface area contributed by atoms with Crippen molar-refractivity contribution in [3.05, 3.63) is 30.3 Å². The van der Waals surface area contributed by atoms with Crippen molar-refractivity contribution in [1.29, 1.82) is 0 Å². The lowest BCUT2D eigenvalue weighted by Crippen LogP contribution is -2.42. The van der Waals surface area contributed by atoms with Crippen molar-refractivity contribution in [3.63, 3.8) is 0 Å². The zero-order chi connectivity index (χ0) is 13.6. The molecule has 0 fully saturated rings. The van der Waals surface area contributed by atoms with Crippen LogP contribution in [0.5, 0.6) is 0 Å². The number of likely N-dealkylation sites (N-methyl/N-ethyl adjacent to an activating group) is 1. The van der Waals surface area contributed by atoms with Crippen LogP contribution in [-0.4, -0.2) is 42.1 Å². The molecule has 0 radical (unpaired) electrons. The summed E-state index contributed by atoms with van der Waals surface area (Å²) in [5, 5.41) is 13.8. The molecular formula is C15H27NOS. The van der Waals surface area contributed by atoms with E-state index in [0.29, 0.717) is 0 Å². The molecule has 0 aliphatic heterocycles. The summed E-state index contributed by atoms with van der Waals surface area (Å²) in [6.45, 7) is 5.13. The van der Waals surface area contributed by atoms with Crippen molar-refractivity contribution >= 4 is 10.0 Å². The third-order valence-electron chi connectivity index (χ3n) is 3.34. The minimum Gasteiger partial charge on any atom is -0.391 e. The first-order valence-electron chi connectivity index (χ1n) is 6.68. The average Bonchev–Trinajstić information content (AvgIpc) is 2.36. The quantitative estimate of drug-likeness (QED) is 0.798. The van der Waals surface area contributed by atoms with Crippen LogP contribution < -0.4 is 5.32 Å². The number of aliphatic hydroxyl groups is 1. The maximum Gasteiger partial charge on any atom is 0.0771 e. The lowest BCUT2D eigenvalue weighted by Gasteiger charge is -2.36. The Kier molecular flexibility index (Phi) is 6.19. The molecule has 104 valence electrons. The topological polar surface area (TPSA) is 32.3 Å². The van der Waals surface area contributed by atoms with Crippen molar-refractivity contribution in [2.24, 2.45) is 0 Å². The van der Waals surface area contributed by atoms with Gasteiger partial charge in [0.2, 0.25) is 0 Å². The van der Waals surface area contributed by atoms with Gasteiger partial charge in [-0.05, 0) is 30.4 Å². The summed E-state index contributed by atoms with van der Waals surface area (Å²) < 4.78 is 0. The largest absolute Gasteiger partial charge is 0.391 e. The average molecular weight is 269 g/mol.